The van der Waals surface area contributed by atoms with Crippen LogP contribution in [0.15, 0.2) is 29.6 Å². The maximum absolute atomic E-state index is 6.03. The topological polar surface area (TPSA) is 21.3 Å². The molecule has 1 aliphatic rings. The summed E-state index contributed by atoms with van der Waals surface area (Å²) < 4.78 is 7.39. The molecule has 1 N–H and O–H groups in total. The summed E-state index contributed by atoms with van der Waals surface area (Å²) in [5.74, 6) is 0. The Balaban J connectivity index is 1.96. The molecule has 3 heteroatoms. The number of thiophene rings is 1. The molecule has 3 atom stereocenters. The smallest absolute Gasteiger partial charge is 0.0774 e. The fourth-order valence-electron chi connectivity index (χ4n) is 2.86. The Morgan fingerprint density at radius 1 is 1.33 bits per heavy atom. The van der Waals surface area contributed by atoms with E-state index in [1.54, 1.807) is 0 Å². The van der Waals surface area contributed by atoms with Gasteiger partial charge >= 0.3 is 0 Å². The molecular weight excluding hydrogens is 242 g/mol. The van der Waals surface area contributed by atoms with Crippen LogP contribution in [0, 0.1) is 0 Å². The zero-order chi connectivity index (χ0) is 12.5. The number of fused-ring (bicyclic) bond motifs is 1. The standard InChI is InChI=1S/C15H19NOS/c1-10-7-8-13(17-10)15(16-2)12-9-18-14-6-4-3-5-11(12)14/h3-6,9-10,13,15-16H,7-8H2,1-2H3. The van der Waals surface area contributed by atoms with Crippen molar-refractivity contribution in [2.24, 2.45) is 0 Å². The molecule has 1 aromatic carbocycles. The van der Waals surface area contributed by atoms with Crippen LogP contribution in [-0.2, 0) is 4.74 Å². The summed E-state index contributed by atoms with van der Waals surface area (Å²) in [5, 5.41) is 7.08. The monoisotopic (exact) mass is 261 g/mol. The molecule has 3 rings (SSSR count). The Labute approximate surface area is 112 Å². The lowest BCUT2D eigenvalue weighted by Crippen LogP contribution is -2.29. The van der Waals surface area contributed by atoms with Crippen LogP contribution in [0.4, 0.5) is 0 Å². The third-order valence-electron chi connectivity index (χ3n) is 3.79. The molecule has 0 spiro atoms. The molecule has 0 amide bonds. The number of likely N-dealkylation sites (N-methyl/N-ethyl adjacent to an activating group) is 1. The Kier molecular flexibility index (Phi) is 3.37. The van der Waals surface area contributed by atoms with Crippen LogP contribution in [-0.4, -0.2) is 19.3 Å². The molecule has 1 aromatic heterocycles. The minimum Gasteiger partial charge on any atom is -0.373 e. The van der Waals surface area contributed by atoms with Crippen molar-refractivity contribution in [3.05, 3.63) is 35.2 Å². The van der Waals surface area contributed by atoms with Gasteiger partial charge in [-0.05, 0) is 49.2 Å². The van der Waals surface area contributed by atoms with E-state index < -0.39 is 0 Å². The molecular formula is C15H19NOS. The molecule has 1 aliphatic heterocycles. The first-order valence-corrected chi connectivity index (χ1v) is 7.46. The third kappa shape index (κ3) is 2.07. The van der Waals surface area contributed by atoms with Gasteiger partial charge in [-0.3, -0.25) is 0 Å². The highest BCUT2D eigenvalue weighted by atomic mass is 32.1. The lowest BCUT2D eigenvalue weighted by atomic mass is 9.99. The lowest BCUT2D eigenvalue weighted by Gasteiger charge is -2.23. The lowest BCUT2D eigenvalue weighted by molar-refractivity contribution is 0.0337. The second-order valence-corrected chi connectivity index (χ2v) is 5.93. The number of benzene rings is 1. The molecule has 0 aliphatic carbocycles. The van der Waals surface area contributed by atoms with Gasteiger partial charge in [0.05, 0.1) is 18.2 Å². The Morgan fingerprint density at radius 3 is 2.89 bits per heavy atom. The molecule has 0 radical (unpaired) electrons. The van der Waals surface area contributed by atoms with Crippen LogP contribution in [0.5, 0.6) is 0 Å². The zero-order valence-corrected chi connectivity index (χ0v) is 11.7. The highest BCUT2D eigenvalue weighted by Crippen LogP contribution is 2.36. The van der Waals surface area contributed by atoms with E-state index in [0.717, 1.165) is 6.42 Å². The summed E-state index contributed by atoms with van der Waals surface area (Å²) in [7, 11) is 2.03. The number of nitrogens with one attached hydrogen (secondary N) is 1. The van der Waals surface area contributed by atoms with Gasteiger partial charge in [-0.2, -0.15) is 0 Å². The predicted octanol–water partition coefficient (Wildman–Crippen LogP) is 3.73. The molecule has 1 saturated heterocycles. The molecule has 18 heavy (non-hydrogen) atoms. The van der Waals surface area contributed by atoms with Gasteiger partial charge in [-0.15, -0.1) is 11.3 Å². The molecule has 1 fully saturated rings. The Hall–Kier alpha value is -0.900. The summed E-state index contributed by atoms with van der Waals surface area (Å²) in [5.41, 5.74) is 1.39. The van der Waals surface area contributed by atoms with E-state index in [9.17, 15) is 0 Å². The van der Waals surface area contributed by atoms with E-state index in [0.29, 0.717) is 18.2 Å². The molecule has 96 valence electrons. The van der Waals surface area contributed by atoms with Crippen LogP contribution in [0.3, 0.4) is 0 Å². The maximum Gasteiger partial charge on any atom is 0.0774 e. The van der Waals surface area contributed by atoms with Crippen molar-refractivity contribution in [3.63, 3.8) is 0 Å². The second kappa shape index (κ2) is 5.00. The zero-order valence-electron chi connectivity index (χ0n) is 10.8. The number of hydrogen-bond donors (Lipinski definition) is 1. The normalized spacial score (nSPS) is 25.7. The number of hydrogen-bond acceptors (Lipinski definition) is 3. The molecule has 2 aromatic rings. The van der Waals surface area contributed by atoms with Crippen molar-refractivity contribution in [1.82, 2.24) is 5.32 Å². The predicted molar refractivity (Wildman–Crippen MR) is 77.2 cm³/mol. The summed E-state index contributed by atoms with van der Waals surface area (Å²) in [6, 6.07) is 8.93. The van der Waals surface area contributed by atoms with Gasteiger partial charge in [0.15, 0.2) is 0 Å². The number of rotatable bonds is 3. The van der Waals surface area contributed by atoms with Crippen molar-refractivity contribution in [2.75, 3.05) is 7.05 Å². The molecule has 0 bridgehead atoms. The van der Waals surface area contributed by atoms with Gasteiger partial charge in [-0.1, -0.05) is 18.2 Å². The Bertz CT molecular complexity index is 536. The average molecular weight is 261 g/mol. The molecule has 0 saturated carbocycles. The first-order valence-electron chi connectivity index (χ1n) is 6.58. The van der Waals surface area contributed by atoms with Crippen LogP contribution < -0.4 is 5.32 Å². The first-order chi connectivity index (χ1) is 8.79. The van der Waals surface area contributed by atoms with Crippen molar-refractivity contribution in [1.29, 1.82) is 0 Å². The minimum absolute atomic E-state index is 0.308. The molecule has 2 nitrogen and oxygen atoms in total. The fraction of sp³-hybridized carbons (Fsp3) is 0.467. The van der Waals surface area contributed by atoms with E-state index in [2.05, 4.69) is 41.9 Å². The summed E-state index contributed by atoms with van der Waals surface area (Å²) in [6.07, 6.45) is 3.03. The third-order valence-corrected chi connectivity index (χ3v) is 4.78. The SMILES string of the molecule is CNC(c1csc2ccccc12)C1CCC(C)O1. The number of ether oxygens (including phenoxy) is 1. The van der Waals surface area contributed by atoms with E-state index in [4.69, 9.17) is 4.74 Å². The molecule has 2 heterocycles. The van der Waals surface area contributed by atoms with Crippen LogP contribution in [0.2, 0.25) is 0 Å². The van der Waals surface area contributed by atoms with Gasteiger partial charge in [0, 0.05) is 4.70 Å². The van der Waals surface area contributed by atoms with Crippen molar-refractivity contribution in [2.45, 2.75) is 38.0 Å². The van der Waals surface area contributed by atoms with Crippen LogP contribution >= 0.6 is 11.3 Å². The van der Waals surface area contributed by atoms with Gasteiger partial charge in [0.1, 0.15) is 0 Å². The van der Waals surface area contributed by atoms with E-state index in [1.807, 2.05) is 18.4 Å². The average Bonchev–Trinajstić information content (AvgIpc) is 2.98. The van der Waals surface area contributed by atoms with Gasteiger partial charge in [-0.25, -0.2) is 0 Å². The summed E-state index contributed by atoms with van der Waals surface area (Å²) in [4.78, 5) is 0. The Morgan fingerprint density at radius 2 is 2.17 bits per heavy atom. The van der Waals surface area contributed by atoms with Crippen LogP contribution in [0.1, 0.15) is 31.4 Å². The maximum atomic E-state index is 6.03. The largest absolute Gasteiger partial charge is 0.373 e. The summed E-state index contributed by atoms with van der Waals surface area (Å²) >= 11 is 1.82. The fourth-order valence-corrected chi connectivity index (χ4v) is 3.86. The summed E-state index contributed by atoms with van der Waals surface area (Å²) in [6.45, 7) is 2.17. The van der Waals surface area contributed by atoms with Crippen molar-refractivity contribution < 1.29 is 4.74 Å². The van der Waals surface area contributed by atoms with Crippen molar-refractivity contribution in [3.8, 4) is 0 Å². The van der Waals surface area contributed by atoms with Gasteiger partial charge < -0.3 is 10.1 Å². The highest BCUT2D eigenvalue weighted by molar-refractivity contribution is 7.17. The van der Waals surface area contributed by atoms with Crippen molar-refractivity contribution >= 4 is 21.4 Å². The second-order valence-electron chi connectivity index (χ2n) is 5.02. The van der Waals surface area contributed by atoms with E-state index in [1.165, 1.54) is 22.1 Å². The first kappa shape index (κ1) is 12.2. The van der Waals surface area contributed by atoms with Gasteiger partial charge in [0.25, 0.3) is 0 Å². The van der Waals surface area contributed by atoms with Crippen LogP contribution in [0.25, 0.3) is 10.1 Å². The van der Waals surface area contributed by atoms with E-state index >= 15 is 0 Å². The highest BCUT2D eigenvalue weighted by Gasteiger charge is 2.30. The van der Waals surface area contributed by atoms with E-state index in [-0.39, 0.29) is 0 Å². The molecule has 3 unspecified atom stereocenters. The van der Waals surface area contributed by atoms with Gasteiger partial charge in [0.2, 0.25) is 0 Å². The minimum atomic E-state index is 0.308. The quantitative estimate of drug-likeness (QED) is 0.909.